The molecule has 0 saturated carbocycles. The van der Waals surface area contributed by atoms with E-state index in [1.807, 2.05) is 43.3 Å². The second kappa shape index (κ2) is 5.72. The number of aryl methyl sites for hydroxylation is 2. The number of benzene rings is 3. The van der Waals surface area contributed by atoms with Crippen LogP contribution in [0.3, 0.4) is 0 Å². The molecule has 0 spiro atoms. The second-order valence-corrected chi connectivity index (χ2v) is 5.52. The minimum Gasteiger partial charge on any atom is -0.207 e. The summed E-state index contributed by atoms with van der Waals surface area (Å²) in [6.07, 6.45) is 0. The SMILES string of the molecule is Cc1ccc(-c2ccc(-c3ccc(C)c(F)c3)cc2)c(F)c1. The van der Waals surface area contributed by atoms with E-state index in [0.29, 0.717) is 11.1 Å². The maximum Gasteiger partial charge on any atom is 0.131 e. The van der Waals surface area contributed by atoms with Crippen LogP contribution in [0, 0.1) is 25.5 Å². The maximum atomic E-state index is 14.0. The van der Waals surface area contributed by atoms with Gasteiger partial charge >= 0.3 is 0 Å². The van der Waals surface area contributed by atoms with E-state index in [4.69, 9.17) is 0 Å². The van der Waals surface area contributed by atoms with E-state index in [1.165, 1.54) is 12.1 Å². The van der Waals surface area contributed by atoms with Gasteiger partial charge in [0, 0.05) is 5.56 Å². The molecule has 3 aromatic rings. The third-order valence-corrected chi connectivity index (χ3v) is 3.83. The molecule has 0 N–H and O–H groups in total. The molecule has 0 aliphatic rings. The minimum atomic E-state index is -0.228. The molecule has 0 aliphatic heterocycles. The third-order valence-electron chi connectivity index (χ3n) is 3.83. The Morgan fingerprint density at radius 3 is 1.86 bits per heavy atom. The molecular weight excluding hydrogens is 278 g/mol. The molecule has 0 radical (unpaired) electrons. The first-order chi connectivity index (χ1) is 10.5. The summed E-state index contributed by atoms with van der Waals surface area (Å²) in [6, 6.07) is 17.9. The van der Waals surface area contributed by atoms with Crippen molar-refractivity contribution in [2.45, 2.75) is 13.8 Å². The number of rotatable bonds is 2. The lowest BCUT2D eigenvalue weighted by Crippen LogP contribution is -1.87. The van der Waals surface area contributed by atoms with E-state index in [2.05, 4.69) is 0 Å². The summed E-state index contributed by atoms with van der Waals surface area (Å²) in [4.78, 5) is 0. The summed E-state index contributed by atoms with van der Waals surface area (Å²) in [5, 5.41) is 0. The van der Waals surface area contributed by atoms with Gasteiger partial charge in [0.05, 0.1) is 0 Å². The molecule has 0 aliphatic carbocycles. The summed E-state index contributed by atoms with van der Waals surface area (Å²) in [5.74, 6) is -0.444. The van der Waals surface area contributed by atoms with Gasteiger partial charge in [-0.15, -0.1) is 0 Å². The van der Waals surface area contributed by atoms with Gasteiger partial charge in [0.25, 0.3) is 0 Å². The van der Waals surface area contributed by atoms with Crippen LogP contribution in [0.25, 0.3) is 22.3 Å². The van der Waals surface area contributed by atoms with Crippen LogP contribution in [0.4, 0.5) is 8.78 Å². The number of hydrogen-bond donors (Lipinski definition) is 0. The molecule has 0 nitrogen and oxygen atoms in total. The van der Waals surface area contributed by atoms with Gasteiger partial charge in [0.15, 0.2) is 0 Å². The summed E-state index contributed by atoms with van der Waals surface area (Å²) in [7, 11) is 0. The van der Waals surface area contributed by atoms with Crippen LogP contribution in [0.2, 0.25) is 0 Å². The summed E-state index contributed by atoms with van der Waals surface area (Å²) >= 11 is 0. The smallest absolute Gasteiger partial charge is 0.131 e. The number of halogens is 2. The Labute approximate surface area is 129 Å². The van der Waals surface area contributed by atoms with E-state index < -0.39 is 0 Å². The largest absolute Gasteiger partial charge is 0.207 e. The van der Waals surface area contributed by atoms with Crippen LogP contribution in [-0.4, -0.2) is 0 Å². The monoisotopic (exact) mass is 294 g/mol. The zero-order valence-electron chi connectivity index (χ0n) is 12.5. The molecule has 3 rings (SSSR count). The standard InChI is InChI=1S/C20H16F2/c1-13-3-10-18(20(22)11-13)16-8-6-15(7-9-16)17-5-4-14(2)19(21)12-17/h3-12H,1-2H3. The van der Waals surface area contributed by atoms with Gasteiger partial charge < -0.3 is 0 Å². The van der Waals surface area contributed by atoms with Crippen LogP contribution in [0.5, 0.6) is 0 Å². The fourth-order valence-electron chi connectivity index (χ4n) is 2.47. The van der Waals surface area contributed by atoms with Crippen molar-refractivity contribution in [1.82, 2.24) is 0 Å². The molecule has 0 atom stereocenters. The highest BCUT2D eigenvalue weighted by Gasteiger charge is 2.06. The van der Waals surface area contributed by atoms with Crippen LogP contribution in [-0.2, 0) is 0 Å². The fraction of sp³-hybridized carbons (Fsp3) is 0.100. The Morgan fingerprint density at radius 2 is 1.23 bits per heavy atom. The van der Waals surface area contributed by atoms with E-state index in [1.54, 1.807) is 19.1 Å². The maximum absolute atomic E-state index is 14.0. The van der Waals surface area contributed by atoms with Crippen molar-refractivity contribution in [3.8, 4) is 22.3 Å². The third kappa shape index (κ3) is 2.77. The van der Waals surface area contributed by atoms with E-state index in [-0.39, 0.29) is 11.6 Å². The van der Waals surface area contributed by atoms with Gasteiger partial charge in [-0.2, -0.15) is 0 Å². The van der Waals surface area contributed by atoms with Gasteiger partial charge in [-0.3, -0.25) is 0 Å². The predicted molar refractivity (Wildman–Crippen MR) is 86.7 cm³/mol. The summed E-state index contributed by atoms with van der Waals surface area (Å²) in [6.45, 7) is 3.60. The van der Waals surface area contributed by atoms with Crippen molar-refractivity contribution in [3.05, 3.63) is 83.4 Å². The zero-order chi connectivity index (χ0) is 15.7. The molecule has 0 bridgehead atoms. The van der Waals surface area contributed by atoms with Crippen molar-refractivity contribution in [1.29, 1.82) is 0 Å². The Balaban J connectivity index is 1.97. The van der Waals surface area contributed by atoms with Crippen molar-refractivity contribution in [2.75, 3.05) is 0 Å². The summed E-state index contributed by atoms with van der Waals surface area (Å²) < 4.78 is 27.7. The van der Waals surface area contributed by atoms with Crippen molar-refractivity contribution in [3.63, 3.8) is 0 Å². The molecular formula is C20H16F2. The minimum absolute atomic E-state index is 0.217. The molecule has 0 aromatic heterocycles. The summed E-state index contributed by atoms with van der Waals surface area (Å²) in [5.41, 5.74) is 4.64. The fourth-order valence-corrected chi connectivity index (χ4v) is 2.47. The van der Waals surface area contributed by atoms with Crippen molar-refractivity contribution >= 4 is 0 Å². The Kier molecular flexibility index (Phi) is 3.76. The van der Waals surface area contributed by atoms with E-state index >= 15 is 0 Å². The van der Waals surface area contributed by atoms with Gasteiger partial charge in [0.1, 0.15) is 11.6 Å². The first kappa shape index (κ1) is 14.5. The average Bonchev–Trinajstić information content (AvgIpc) is 2.50. The van der Waals surface area contributed by atoms with Crippen molar-refractivity contribution in [2.24, 2.45) is 0 Å². The molecule has 0 unspecified atom stereocenters. The Hall–Kier alpha value is -2.48. The first-order valence-electron chi connectivity index (χ1n) is 7.18. The Bertz CT molecular complexity index is 818. The molecule has 3 aromatic carbocycles. The Morgan fingerprint density at radius 1 is 0.591 bits per heavy atom. The quantitative estimate of drug-likeness (QED) is 0.550. The molecule has 2 heteroatoms. The van der Waals surface area contributed by atoms with Crippen LogP contribution in [0.1, 0.15) is 11.1 Å². The lowest BCUT2D eigenvalue weighted by molar-refractivity contribution is 0.619. The lowest BCUT2D eigenvalue weighted by atomic mass is 9.99. The normalized spacial score (nSPS) is 10.7. The highest BCUT2D eigenvalue weighted by molar-refractivity contribution is 5.71. The van der Waals surface area contributed by atoms with Gasteiger partial charge in [-0.1, -0.05) is 48.5 Å². The van der Waals surface area contributed by atoms with Crippen molar-refractivity contribution < 1.29 is 8.78 Å². The highest BCUT2D eigenvalue weighted by Crippen LogP contribution is 2.27. The second-order valence-electron chi connectivity index (χ2n) is 5.52. The molecule has 0 heterocycles. The topological polar surface area (TPSA) is 0 Å². The molecule has 110 valence electrons. The highest BCUT2D eigenvalue weighted by atomic mass is 19.1. The molecule has 22 heavy (non-hydrogen) atoms. The average molecular weight is 294 g/mol. The van der Waals surface area contributed by atoms with E-state index in [9.17, 15) is 8.78 Å². The van der Waals surface area contributed by atoms with Gasteiger partial charge in [0.2, 0.25) is 0 Å². The van der Waals surface area contributed by atoms with Gasteiger partial charge in [-0.05, 0) is 53.8 Å². The van der Waals surface area contributed by atoms with Gasteiger partial charge in [-0.25, -0.2) is 8.78 Å². The van der Waals surface area contributed by atoms with Crippen LogP contribution < -0.4 is 0 Å². The lowest BCUT2D eigenvalue weighted by Gasteiger charge is -2.07. The molecule has 0 fully saturated rings. The van der Waals surface area contributed by atoms with Crippen LogP contribution in [0.15, 0.2) is 60.7 Å². The zero-order valence-corrected chi connectivity index (χ0v) is 12.5. The molecule has 0 saturated heterocycles. The van der Waals surface area contributed by atoms with E-state index in [0.717, 1.165) is 22.3 Å². The molecule has 0 amide bonds. The predicted octanol–water partition coefficient (Wildman–Crippen LogP) is 5.92. The van der Waals surface area contributed by atoms with Crippen LogP contribution >= 0.6 is 0 Å². The first-order valence-corrected chi connectivity index (χ1v) is 7.18. The number of hydrogen-bond acceptors (Lipinski definition) is 0.